The molecule has 1 aliphatic heterocycles. The maximum absolute atomic E-state index is 13.4. The zero-order valence-corrected chi connectivity index (χ0v) is 11.1. The molecule has 1 spiro atoms. The largest absolute Gasteiger partial charge is 0.327 e. The van der Waals surface area contributed by atoms with E-state index in [1.165, 1.54) is 0 Å². The Labute approximate surface area is 103 Å². The highest BCUT2D eigenvalue weighted by Gasteiger charge is 2.48. The highest BCUT2D eigenvalue weighted by Crippen LogP contribution is 2.47. The van der Waals surface area contributed by atoms with Crippen LogP contribution in [0.2, 0.25) is 0 Å². The van der Waals surface area contributed by atoms with Gasteiger partial charge in [-0.2, -0.15) is 12.6 Å². The zero-order valence-electron chi connectivity index (χ0n) is 10.2. The smallest absolute Gasteiger partial charge is 0.102 e. The van der Waals surface area contributed by atoms with Gasteiger partial charge in [-0.05, 0) is 44.9 Å². The van der Waals surface area contributed by atoms with E-state index in [0.717, 1.165) is 25.9 Å². The van der Waals surface area contributed by atoms with Crippen LogP contribution in [-0.2, 0) is 0 Å². The van der Waals surface area contributed by atoms with E-state index in [4.69, 9.17) is 5.73 Å². The van der Waals surface area contributed by atoms with Crippen LogP contribution in [0.5, 0.6) is 0 Å². The predicted molar refractivity (Wildman–Crippen MR) is 68.4 cm³/mol. The van der Waals surface area contributed by atoms with Crippen LogP contribution < -0.4 is 5.73 Å². The molecular weight excluding hydrogens is 223 g/mol. The molecule has 2 N–H and O–H groups in total. The maximum Gasteiger partial charge on any atom is 0.102 e. The Morgan fingerprint density at radius 3 is 2.31 bits per heavy atom. The van der Waals surface area contributed by atoms with Crippen molar-refractivity contribution in [1.29, 1.82) is 0 Å². The fraction of sp³-hybridized carbons (Fsp3) is 1.00. The molecule has 2 nitrogen and oxygen atoms in total. The van der Waals surface area contributed by atoms with E-state index in [9.17, 15) is 4.39 Å². The summed E-state index contributed by atoms with van der Waals surface area (Å²) in [7, 11) is 0. The average molecular weight is 246 g/mol. The van der Waals surface area contributed by atoms with Crippen molar-refractivity contribution in [3.05, 3.63) is 0 Å². The van der Waals surface area contributed by atoms with Gasteiger partial charge in [-0.25, -0.2) is 4.39 Å². The molecule has 2 aliphatic rings. The SMILES string of the molecule is CC(C)(S)N1CCC2(CC1)CC(F)C[C@@H]2N. The minimum atomic E-state index is -0.675. The Balaban J connectivity index is 1.99. The number of nitrogens with two attached hydrogens (primary N) is 1. The molecule has 1 saturated carbocycles. The molecule has 0 aromatic rings. The first-order valence-corrected chi connectivity index (χ1v) is 6.65. The van der Waals surface area contributed by atoms with Crippen LogP contribution in [0.15, 0.2) is 0 Å². The van der Waals surface area contributed by atoms with Crippen LogP contribution in [0, 0.1) is 5.41 Å². The van der Waals surface area contributed by atoms with Gasteiger partial charge in [0.1, 0.15) is 6.17 Å². The molecule has 1 heterocycles. The first-order valence-electron chi connectivity index (χ1n) is 6.21. The van der Waals surface area contributed by atoms with E-state index >= 15 is 0 Å². The summed E-state index contributed by atoms with van der Waals surface area (Å²) in [5, 5.41) is 0. The van der Waals surface area contributed by atoms with Gasteiger partial charge in [-0.3, -0.25) is 4.90 Å². The van der Waals surface area contributed by atoms with E-state index in [1.54, 1.807) is 0 Å². The van der Waals surface area contributed by atoms with Crippen LogP contribution >= 0.6 is 12.6 Å². The van der Waals surface area contributed by atoms with E-state index in [1.807, 2.05) is 0 Å². The van der Waals surface area contributed by atoms with Gasteiger partial charge in [0, 0.05) is 19.1 Å². The number of nitrogens with zero attached hydrogens (tertiary/aromatic N) is 1. The number of halogens is 1. The van der Waals surface area contributed by atoms with Gasteiger partial charge < -0.3 is 5.73 Å². The van der Waals surface area contributed by atoms with Crippen molar-refractivity contribution in [1.82, 2.24) is 4.90 Å². The summed E-state index contributed by atoms with van der Waals surface area (Å²) in [4.78, 5) is 2.29. The number of thiol groups is 1. The topological polar surface area (TPSA) is 29.3 Å². The Bertz CT molecular complexity index is 256. The molecule has 4 heteroatoms. The van der Waals surface area contributed by atoms with Gasteiger partial charge in [0.15, 0.2) is 0 Å². The molecule has 2 atom stereocenters. The second kappa shape index (κ2) is 4.14. The molecule has 16 heavy (non-hydrogen) atoms. The number of rotatable bonds is 1. The van der Waals surface area contributed by atoms with E-state index in [0.29, 0.717) is 12.8 Å². The molecule has 94 valence electrons. The Hall–Kier alpha value is 0.200. The van der Waals surface area contributed by atoms with Gasteiger partial charge in [0.25, 0.3) is 0 Å². The summed E-state index contributed by atoms with van der Waals surface area (Å²) < 4.78 is 13.4. The van der Waals surface area contributed by atoms with E-state index < -0.39 is 6.17 Å². The number of hydrogen-bond acceptors (Lipinski definition) is 3. The standard InChI is InChI=1S/C12H23FN2S/c1-11(2,16)15-5-3-12(4-6-15)8-9(13)7-10(12)14/h9-10,16H,3-8,14H2,1-2H3/t9?,10-/m0/s1. The molecule has 0 aromatic heterocycles. The van der Waals surface area contributed by atoms with E-state index in [2.05, 4.69) is 31.4 Å². The van der Waals surface area contributed by atoms with Crippen molar-refractivity contribution in [2.45, 2.75) is 56.6 Å². The molecule has 2 rings (SSSR count). The van der Waals surface area contributed by atoms with Crippen LogP contribution in [0.4, 0.5) is 4.39 Å². The summed E-state index contributed by atoms with van der Waals surface area (Å²) in [5.41, 5.74) is 6.19. The highest BCUT2D eigenvalue weighted by atomic mass is 32.1. The lowest BCUT2D eigenvalue weighted by molar-refractivity contribution is 0.0622. The Kier molecular flexibility index (Phi) is 3.28. The first kappa shape index (κ1) is 12.7. The van der Waals surface area contributed by atoms with Crippen LogP contribution in [0.3, 0.4) is 0 Å². The van der Waals surface area contributed by atoms with Crippen molar-refractivity contribution in [3.8, 4) is 0 Å². The zero-order chi connectivity index (χ0) is 12.0. The third-order valence-electron chi connectivity index (χ3n) is 4.46. The molecule has 1 saturated heterocycles. The van der Waals surface area contributed by atoms with Crippen molar-refractivity contribution in [2.24, 2.45) is 11.1 Å². The van der Waals surface area contributed by atoms with Gasteiger partial charge in [0.2, 0.25) is 0 Å². The number of piperidine rings is 1. The summed E-state index contributed by atoms with van der Waals surface area (Å²) in [6.45, 7) is 6.22. The normalized spacial score (nSPS) is 35.8. The van der Waals surface area contributed by atoms with Gasteiger partial charge in [-0.1, -0.05) is 0 Å². The molecule has 0 bridgehead atoms. The molecule has 1 unspecified atom stereocenters. The summed E-state index contributed by atoms with van der Waals surface area (Å²) in [6, 6.07) is 0.0627. The minimum absolute atomic E-state index is 0.0627. The summed E-state index contributed by atoms with van der Waals surface area (Å²) in [6.07, 6.45) is 2.61. The Morgan fingerprint density at radius 2 is 1.94 bits per heavy atom. The first-order chi connectivity index (χ1) is 7.33. The minimum Gasteiger partial charge on any atom is -0.327 e. The number of hydrogen-bond donors (Lipinski definition) is 2. The monoisotopic (exact) mass is 246 g/mol. The molecule has 0 radical (unpaired) electrons. The van der Waals surface area contributed by atoms with Crippen molar-refractivity contribution in [3.63, 3.8) is 0 Å². The fourth-order valence-electron chi connectivity index (χ4n) is 3.28. The third-order valence-corrected chi connectivity index (χ3v) is 4.74. The number of likely N-dealkylation sites (tertiary alicyclic amines) is 1. The second-order valence-electron chi connectivity index (χ2n) is 5.99. The fourth-order valence-corrected chi connectivity index (χ4v) is 3.48. The molecule has 0 aromatic carbocycles. The number of alkyl halides is 1. The van der Waals surface area contributed by atoms with Crippen LogP contribution in [-0.4, -0.2) is 35.1 Å². The van der Waals surface area contributed by atoms with Crippen molar-refractivity contribution < 1.29 is 4.39 Å². The van der Waals surface area contributed by atoms with Gasteiger partial charge >= 0.3 is 0 Å². The lowest BCUT2D eigenvalue weighted by Crippen LogP contribution is -2.51. The predicted octanol–water partition coefficient (Wildman–Crippen LogP) is 2.19. The molecule has 0 amide bonds. The van der Waals surface area contributed by atoms with Gasteiger partial charge in [-0.15, -0.1) is 0 Å². The summed E-state index contributed by atoms with van der Waals surface area (Å²) >= 11 is 4.59. The van der Waals surface area contributed by atoms with Gasteiger partial charge in [0.05, 0.1) is 4.87 Å². The second-order valence-corrected chi connectivity index (χ2v) is 7.08. The van der Waals surface area contributed by atoms with E-state index in [-0.39, 0.29) is 16.3 Å². The van der Waals surface area contributed by atoms with Crippen LogP contribution in [0.1, 0.15) is 39.5 Å². The molecule has 2 fully saturated rings. The Morgan fingerprint density at radius 1 is 1.38 bits per heavy atom. The third kappa shape index (κ3) is 2.24. The van der Waals surface area contributed by atoms with Crippen molar-refractivity contribution >= 4 is 12.6 Å². The highest BCUT2D eigenvalue weighted by molar-refractivity contribution is 7.81. The maximum atomic E-state index is 13.4. The molecule has 1 aliphatic carbocycles. The molecular formula is C12H23FN2S. The lowest BCUT2D eigenvalue weighted by Gasteiger charge is -2.46. The van der Waals surface area contributed by atoms with Crippen LogP contribution in [0.25, 0.3) is 0 Å². The quantitative estimate of drug-likeness (QED) is 0.695. The average Bonchev–Trinajstić information content (AvgIpc) is 2.41. The van der Waals surface area contributed by atoms with Crippen molar-refractivity contribution in [2.75, 3.05) is 13.1 Å². The lowest BCUT2D eigenvalue weighted by atomic mass is 9.74. The summed E-state index contributed by atoms with van der Waals surface area (Å²) in [5.74, 6) is 0.